The molecule has 2 aromatic rings. The van der Waals surface area contributed by atoms with E-state index in [-0.39, 0.29) is 5.41 Å². The van der Waals surface area contributed by atoms with Gasteiger partial charge in [-0.15, -0.1) is 0 Å². The molecule has 5 rings (SSSR count). The van der Waals surface area contributed by atoms with Crippen molar-refractivity contribution >= 4 is 23.1 Å². The van der Waals surface area contributed by atoms with Crippen molar-refractivity contribution in [2.75, 3.05) is 26.2 Å². The number of rotatable bonds is 5. The van der Waals surface area contributed by atoms with Gasteiger partial charge < -0.3 is 25.2 Å². The van der Waals surface area contributed by atoms with Crippen LogP contribution in [0.5, 0.6) is 5.75 Å². The van der Waals surface area contributed by atoms with E-state index in [1.807, 2.05) is 42.5 Å². The first-order chi connectivity index (χ1) is 18.4. The molecule has 7 heteroatoms. The number of nitrogens with zero attached hydrogens (tertiary/aromatic N) is 1. The number of hydrogen-bond donors (Lipinski definition) is 3. The van der Waals surface area contributed by atoms with Crippen LogP contribution in [0.2, 0.25) is 5.02 Å². The van der Waals surface area contributed by atoms with Crippen LogP contribution in [-0.4, -0.2) is 47.3 Å². The highest BCUT2D eigenvalue weighted by Gasteiger charge is 2.48. The first kappa shape index (κ1) is 27.7. The number of likely N-dealkylation sites (tertiary alicyclic amines) is 1. The molecule has 6 nitrogen and oxygen atoms in total. The van der Waals surface area contributed by atoms with Gasteiger partial charge in [-0.1, -0.05) is 61.9 Å². The average Bonchev–Trinajstić information content (AvgIpc) is 3.00. The van der Waals surface area contributed by atoms with E-state index in [2.05, 4.69) is 30.1 Å². The standard InChI is InChI=1S/C32H37ClN2O4/c1-30(2)20-35(18-15-32(30,38)21-9-12-23(33)13-10-21)17-6-8-24-25-7-5-16-34-28(25)29(36)39-27-14-11-22(19-26(24)27)31(3,4)37/h5,7-14,19,34,37-38H,6,15-18,20H2,1-4H3. The van der Waals surface area contributed by atoms with Crippen molar-refractivity contribution in [3.8, 4) is 5.75 Å². The third-order valence-electron chi connectivity index (χ3n) is 8.27. The van der Waals surface area contributed by atoms with Crippen LogP contribution in [0.4, 0.5) is 0 Å². The van der Waals surface area contributed by atoms with Crippen molar-refractivity contribution in [3.05, 3.63) is 93.7 Å². The summed E-state index contributed by atoms with van der Waals surface area (Å²) in [7, 11) is 0. The number of esters is 1. The molecule has 0 aromatic heterocycles. The fraction of sp³-hybridized carbons (Fsp3) is 0.406. The number of carbonyl (C=O) groups is 1. The highest BCUT2D eigenvalue weighted by Crippen LogP contribution is 2.46. The van der Waals surface area contributed by atoms with Crippen LogP contribution in [-0.2, 0) is 16.0 Å². The average molecular weight is 549 g/mol. The summed E-state index contributed by atoms with van der Waals surface area (Å²) in [6.45, 7) is 10.6. The zero-order chi connectivity index (χ0) is 28.0. The van der Waals surface area contributed by atoms with Crippen molar-refractivity contribution in [2.45, 2.75) is 51.7 Å². The van der Waals surface area contributed by atoms with Gasteiger partial charge in [-0.25, -0.2) is 4.79 Å². The smallest absolute Gasteiger partial charge is 0.360 e. The van der Waals surface area contributed by atoms with E-state index < -0.39 is 17.2 Å². The third kappa shape index (κ3) is 5.31. The number of ether oxygens (including phenoxy) is 1. The summed E-state index contributed by atoms with van der Waals surface area (Å²) in [6.07, 6.45) is 7.50. The Morgan fingerprint density at radius 1 is 1.18 bits per heavy atom. The Balaban J connectivity index is 1.41. The minimum atomic E-state index is -1.03. The summed E-state index contributed by atoms with van der Waals surface area (Å²) >= 11 is 6.09. The van der Waals surface area contributed by atoms with Gasteiger partial charge in [0.2, 0.25) is 0 Å². The lowest BCUT2D eigenvalue weighted by atomic mass is 9.66. The lowest BCUT2D eigenvalue weighted by molar-refractivity contribution is -0.130. The minimum Gasteiger partial charge on any atom is -0.421 e. The summed E-state index contributed by atoms with van der Waals surface area (Å²) in [4.78, 5) is 15.3. The summed E-state index contributed by atoms with van der Waals surface area (Å²) in [5.74, 6) is 0.0743. The summed E-state index contributed by atoms with van der Waals surface area (Å²) in [6, 6.07) is 13.0. The maximum atomic E-state index is 12.9. The fourth-order valence-corrected chi connectivity index (χ4v) is 6.04. The van der Waals surface area contributed by atoms with Crippen molar-refractivity contribution < 1.29 is 19.7 Å². The second-order valence-electron chi connectivity index (χ2n) is 11.9. The Hall–Kier alpha value is -2.90. The quantitative estimate of drug-likeness (QED) is 0.348. The third-order valence-corrected chi connectivity index (χ3v) is 8.52. The van der Waals surface area contributed by atoms with E-state index in [0.717, 1.165) is 53.9 Å². The van der Waals surface area contributed by atoms with Gasteiger partial charge in [0, 0.05) is 47.8 Å². The SMILES string of the molecule is CC(C)(O)c1ccc2c(c1)C(=CCCN1CCC(O)(c3ccc(Cl)cc3)C(C)(C)C1)C1=C(NCC=C1)C(=O)O2. The van der Waals surface area contributed by atoms with E-state index in [0.29, 0.717) is 29.4 Å². The maximum Gasteiger partial charge on any atom is 0.360 e. The van der Waals surface area contributed by atoms with E-state index in [1.54, 1.807) is 26.0 Å². The number of carbonyl (C=O) groups excluding carboxylic acids is 1. The number of dihydropyridines is 1. The molecule has 0 spiro atoms. The van der Waals surface area contributed by atoms with Crippen LogP contribution >= 0.6 is 11.6 Å². The van der Waals surface area contributed by atoms with Gasteiger partial charge in [-0.05, 0) is 67.7 Å². The van der Waals surface area contributed by atoms with Gasteiger partial charge in [-0.3, -0.25) is 0 Å². The molecular formula is C32H37ClN2O4. The van der Waals surface area contributed by atoms with Gasteiger partial charge in [0.1, 0.15) is 11.4 Å². The molecule has 1 fully saturated rings. The molecular weight excluding hydrogens is 512 g/mol. The molecule has 3 heterocycles. The number of aliphatic hydroxyl groups is 2. The second kappa shape index (κ2) is 10.3. The Morgan fingerprint density at radius 2 is 1.92 bits per heavy atom. The Labute approximate surface area is 235 Å². The summed E-state index contributed by atoms with van der Waals surface area (Å²) in [5, 5.41) is 26.2. The molecule has 0 saturated carbocycles. The molecule has 206 valence electrons. The number of piperidine rings is 1. The van der Waals surface area contributed by atoms with Gasteiger partial charge in [0.15, 0.2) is 0 Å². The summed E-state index contributed by atoms with van der Waals surface area (Å²) < 4.78 is 5.76. The van der Waals surface area contributed by atoms with Crippen molar-refractivity contribution in [1.29, 1.82) is 0 Å². The van der Waals surface area contributed by atoms with Gasteiger partial charge >= 0.3 is 5.97 Å². The highest BCUT2D eigenvalue weighted by atomic mass is 35.5. The van der Waals surface area contributed by atoms with Crippen LogP contribution in [0.25, 0.3) is 5.57 Å². The monoisotopic (exact) mass is 548 g/mol. The lowest BCUT2D eigenvalue weighted by Crippen LogP contribution is -2.55. The predicted octanol–water partition coefficient (Wildman–Crippen LogP) is 5.29. The molecule has 0 amide bonds. The normalized spacial score (nSPS) is 24.1. The molecule has 3 aliphatic rings. The van der Waals surface area contributed by atoms with Crippen molar-refractivity contribution in [1.82, 2.24) is 10.2 Å². The van der Waals surface area contributed by atoms with Crippen LogP contribution in [0.15, 0.2) is 72.0 Å². The molecule has 2 aromatic carbocycles. The number of allylic oxidation sites excluding steroid dienone is 3. The highest BCUT2D eigenvalue weighted by molar-refractivity contribution is 6.30. The maximum absolute atomic E-state index is 12.9. The number of halogens is 1. The number of benzene rings is 2. The number of fused-ring (bicyclic) bond motifs is 1. The second-order valence-corrected chi connectivity index (χ2v) is 12.4. The van der Waals surface area contributed by atoms with Crippen LogP contribution in [0.3, 0.4) is 0 Å². The molecule has 3 aliphatic heterocycles. The number of nitrogens with one attached hydrogen (secondary N) is 1. The Kier molecular flexibility index (Phi) is 7.27. The summed E-state index contributed by atoms with van der Waals surface area (Å²) in [5.41, 5.74) is 2.27. The largest absolute Gasteiger partial charge is 0.421 e. The van der Waals surface area contributed by atoms with Gasteiger partial charge in [0.05, 0.1) is 11.2 Å². The Bertz CT molecular complexity index is 1370. The first-order valence-corrected chi connectivity index (χ1v) is 13.9. The van der Waals surface area contributed by atoms with Crippen LogP contribution < -0.4 is 10.1 Å². The number of hydrogen-bond acceptors (Lipinski definition) is 6. The molecule has 0 radical (unpaired) electrons. The molecule has 1 unspecified atom stereocenters. The van der Waals surface area contributed by atoms with E-state index in [1.165, 1.54) is 0 Å². The zero-order valence-electron chi connectivity index (χ0n) is 23.1. The fourth-order valence-electron chi connectivity index (χ4n) is 5.92. The van der Waals surface area contributed by atoms with E-state index in [4.69, 9.17) is 16.3 Å². The van der Waals surface area contributed by atoms with E-state index >= 15 is 0 Å². The first-order valence-electron chi connectivity index (χ1n) is 13.5. The topological polar surface area (TPSA) is 82.0 Å². The van der Waals surface area contributed by atoms with Gasteiger partial charge in [0.25, 0.3) is 0 Å². The molecule has 0 bridgehead atoms. The van der Waals surface area contributed by atoms with Gasteiger partial charge in [-0.2, -0.15) is 0 Å². The zero-order valence-corrected chi connectivity index (χ0v) is 23.8. The lowest BCUT2D eigenvalue weighted by Gasteiger charge is -2.50. The predicted molar refractivity (Wildman–Crippen MR) is 154 cm³/mol. The molecule has 0 aliphatic carbocycles. The minimum absolute atomic E-state index is 0.366. The van der Waals surface area contributed by atoms with E-state index in [9.17, 15) is 15.0 Å². The Morgan fingerprint density at radius 3 is 2.62 bits per heavy atom. The molecule has 1 saturated heterocycles. The van der Waals surface area contributed by atoms with Crippen molar-refractivity contribution in [2.24, 2.45) is 5.41 Å². The molecule has 39 heavy (non-hydrogen) atoms. The molecule has 1 atom stereocenters. The van der Waals surface area contributed by atoms with Crippen LogP contribution in [0, 0.1) is 5.41 Å². The van der Waals surface area contributed by atoms with Crippen LogP contribution in [0.1, 0.15) is 57.2 Å². The molecule has 3 N–H and O–H groups in total. The van der Waals surface area contributed by atoms with Crippen molar-refractivity contribution in [3.63, 3.8) is 0 Å².